The lowest BCUT2D eigenvalue weighted by Gasteiger charge is -2.22. The highest BCUT2D eigenvalue weighted by molar-refractivity contribution is 8.00. The Labute approximate surface area is 162 Å². The second-order valence-electron chi connectivity index (χ2n) is 6.85. The quantitative estimate of drug-likeness (QED) is 0.530. The molecule has 1 aliphatic carbocycles. The summed E-state index contributed by atoms with van der Waals surface area (Å²) in [7, 11) is 0. The largest absolute Gasteiger partial charge is 0.280 e. The van der Waals surface area contributed by atoms with Crippen LogP contribution >= 0.6 is 11.8 Å². The zero-order valence-corrected chi connectivity index (χ0v) is 15.8. The molecule has 136 valence electrons. The lowest BCUT2D eigenvalue weighted by molar-refractivity contribution is -0.384. The van der Waals surface area contributed by atoms with Crippen LogP contribution in [0.2, 0.25) is 0 Å². The van der Waals surface area contributed by atoms with Gasteiger partial charge in [-0.25, -0.2) is 0 Å². The second kappa shape index (κ2) is 7.53. The van der Waals surface area contributed by atoms with Gasteiger partial charge in [-0.2, -0.15) is 0 Å². The highest BCUT2D eigenvalue weighted by Crippen LogP contribution is 2.42. The van der Waals surface area contributed by atoms with Gasteiger partial charge >= 0.3 is 0 Å². The number of hydrogen-bond donors (Lipinski definition) is 0. The van der Waals surface area contributed by atoms with Crippen molar-refractivity contribution in [3.8, 4) is 0 Å². The molecule has 0 unspecified atom stereocenters. The Morgan fingerprint density at radius 3 is 2.67 bits per heavy atom. The first kappa shape index (κ1) is 17.7. The molecule has 2 aromatic carbocycles. The van der Waals surface area contributed by atoms with E-state index in [0.29, 0.717) is 0 Å². The van der Waals surface area contributed by atoms with Gasteiger partial charge in [0.05, 0.1) is 11.0 Å². The maximum atomic E-state index is 11.2. The van der Waals surface area contributed by atoms with Crippen molar-refractivity contribution in [1.82, 2.24) is 0 Å². The minimum atomic E-state index is -0.327. The summed E-state index contributed by atoms with van der Waals surface area (Å²) in [5.41, 5.74) is 4.53. The van der Waals surface area contributed by atoms with E-state index in [1.54, 1.807) is 18.2 Å². The number of nitro groups is 1. The smallest absolute Gasteiger partial charge is 0.269 e. The average Bonchev–Trinajstić information content (AvgIpc) is 2.88. The summed E-state index contributed by atoms with van der Waals surface area (Å²) in [4.78, 5) is 15.9. The van der Waals surface area contributed by atoms with Crippen molar-refractivity contribution in [2.24, 2.45) is 4.99 Å². The minimum absolute atomic E-state index is 0.0972. The van der Waals surface area contributed by atoms with Crippen molar-refractivity contribution in [3.05, 3.63) is 99.6 Å². The van der Waals surface area contributed by atoms with Gasteiger partial charge in [-0.3, -0.25) is 15.1 Å². The van der Waals surface area contributed by atoms with E-state index in [9.17, 15) is 10.1 Å². The zero-order chi connectivity index (χ0) is 18.8. The van der Waals surface area contributed by atoms with E-state index in [1.807, 2.05) is 23.9 Å². The van der Waals surface area contributed by atoms with Gasteiger partial charge < -0.3 is 0 Å². The van der Waals surface area contributed by atoms with Gasteiger partial charge in [0.25, 0.3) is 5.69 Å². The molecular weight excluding hydrogens is 356 g/mol. The van der Waals surface area contributed by atoms with Gasteiger partial charge in [-0.05, 0) is 18.1 Å². The maximum Gasteiger partial charge on any atom is 0.269 e. The van der Waals surface area contributed by atoms with Gasteiger partial charge in [0.2, 0.25) is 0 Å². The van der Waals surface area contributed by atoms with E-state index in [0.717, 1.165) is 23.3 Å². The third-order valence-electron chi connectivity index (χ3n) is 4.90. The number of aryl methyl sites for hydroxylation is 1. The van der Waals surface area contributed by atoms with Crippen molar-refractivity contribution in [2.75, 3.05) is 0 Å². The van der Waals surface area contributed by atoms with Gasteiger partial charge in [-0.15, -0.1) is 11.8 Å². The topological polar surface area (TPSA) is 55.5 Å². The maximum absolute atomic E-state index is 11.2. The van der Waals surface area contributed by atoms with Crippen LogP contribution in [0, 0.1) is 17.0 Å². The molecule has 0 radical (unpaired) electrons. The van der Waals surface area contributed by atoms with Crippen LogP contribution in [0.5, 0.6) is 0 Å². The number of allylic oxidation sites excluding steroid dienone is 2. The molecule has 0 fully saturated rings. The summed E-state index contributed by atoms with van der Waals surface area (Å²) in [6.45, 7) is 2.07. The van der Waals surface area contributed by atoms with Crippen LogP contribution in [-0.4, -0.2) is 21.9 Å². The molecule has 2 aromatic rings. The highest BCUT2D eigenvalue weighted by atomic mass is 32.2. The number of aliphatic imine (C=N–C) groups is 1. The molecule has 0 amide bonds. The Hall–Kier alpha value is -2.66. The highest BCUT2D eigenvalue weighted by Gasteiger charge is 2.30. The molecule has 4 nitrogen and oxygen atoms in total. The molecule has 3 atom stereocenters. The second-order valence-corrected chi connectivity index (χ2v) is 8.23. The van der Waals surface area contributed by atoms with Gasteiger partial charge in [-0.1, -0.05) is 66.3 Å². The summed E-state index contributed by atoms with van der Waals surface area (Å²) in [5.74, 6) is 0. The Kier molecular flexibility index (Phi) is 4.94. The first-order valence-corrected chi connectivity index (χ1v) is 9.93. The number of nitrogens with zero attached hydrogens (tertiary/aromatic N) is 2. The lowest BCUT2D eigenvalue weighted by atomic mass is 9.99. The third kappa shape index (κ3) is 3.88. The fraction of sp³-hybridized carbons (Fsp3) is 0.227. The van der Waals surface area contributed by atoms with Crippen LogP contribution in [0.15, 0.2) is 77.8 Å². The van der Waals surface area contributed by atoms with Crippen LogP contribution in [0.1, 0.15) is 28.4 Å². The van der Waals surface area contributed by atoms with Gasteiger partial charge in [0.1, 0.15) is 0 Å². The van der Waals surface area contributed by atoms with E-state index in [4.69, 9.17) is 4.99 Å². The number of nitro benzene ring substituents is 1. The van der Waals surface area contributed by atoms with E-state index >= 15 is 0 Å². The molecule has 5 heteroatoms. The Morgan fingerprint density at radius 1 is 1.11 bits per heavy atom. The number of non-ortho nitro benzene ring substituents is 1. The van der Waals surface area contributed by atoms with Crippen LogP contribution in [-0.2, 0) is 0 Å². The van der Waals surface area contributed by atoms with Crippen molar-refractivity contribution in [2.45, 2.75) is 29.9 Å². The third-order valence-corrected chi connectivity index (χ3v) is 6.42. The summed E-state index contributed by atoms with van der Waals surface area (Å²) >= 11 is 1.84. The SMILES string of the molecule is Cc1ccc(C2=N[C@@H]3C=CC=C[C@@H]3S[C@@H](c3cccc([N+](=O)[O-])c3)C2)cc1. The fourth-order valence-corrected chi connectivity index (χ4v) is 4.87. The molecule has 27 heavy (non-hydrogen) atoms. The van der Waals surface area contributed by atoms with Crippen LogP contribution in [0.4, 0.5) is 5.69 Å². The number of thioether (sulfide) groups is 1. The van der Waals surface area contributed by atoms with E-state index in [2.05, 4.69) is 49.4 Å². The molecule has 1 aliphatic heterocycles. The van der Waals surface area contributed by atoms with E-state index in [-0.39, 0.29) is 27.2 Å². The lowest BCUT2D eigenvalue weighted by Crippen LogP contribution is -2.19. The van der Waals surface area contributed by atoms with E-state index in [1.165, 1.54) is 5.56 Å². The van der Waals surface area contributed by atoms with Crippen LogP contribution < -0.4 is 0 Å². The first-order chi connectivity index (χ1) is 13.1. The molecule has 4 rings (SSSR count). The van der Waals surface area contributed by atoms with Crippen molar-refractivity contribution >= 4 is 23.2 Å². The molecule has 0 N–H and O–H groups in total. The first-order valence-electron chi connectivity index (χ1n) is 8.99. The van der Waals surface area contributed by atoms with E-state index < -0.39 is 0 Å². The van der Waals surface area contributed by atoms with Crippen LogP contribution in [0.3, 0.4) is 0 Å². The Morgan fingerprint density at radius 2 is 1.89 bits per heavy atom. The molecule has 1 heterocycles. The summed E-state index contributed by atoms with van der Waals surface area (Å²) < 4.78 is 0. The summed E-state index contributed by atoms with van der Waals surface area (Å²) in [5, 5.41) is 11.6. The number of rotatable bonds is 3. The Bertz CT molecular complexity index is 947. The number of fused-ring (bicyclic) bond motifs is 1. The van der Waals surface area contributed by atoms with Crippen LogP contribution in [0.25, 0.3) is 0 Å². The summed E-state index contributed by atoms with van der Waals surface area (Å²) in [6.07, 6.45) is 9.18. The molecule has 0 spiro atoms. The molecule has 0 aromatic heterocycles. The molecule has 0 saturated heterocycles. The van der Waals surface area contributed by atoms with Crippen molar-refractivity contribution in [1.29, 1.82) is 0 Å². The van der Waals surface area contributed by atoms with Gasteiger partial charge in [0.15, 0.2) is 0 Å². The average molecular weight is 376 g/mol. The predicted molar refractivity (Wildman–Crippen MR) is 112 cm³/mol. The summed E-state index contributed by atoms with van der Waals surface area (Å²) in [6, 6.07) is 15.5. The molecular formula is C22H20N2O2S. The predicted octanol–water partition coefficient (Wildman–Crippen LogP) is 5.43. The van der Waals surface area contributed by atoms with Crippen molar-refractivity contribution < 1.29 is 4.92 Å². The minimum Gasteiger partial charge on any atom is -0.280 e. The van der Waals surface area contributed by atoms with Crippen molar-refractivity contribution in [3.63, 3.8) is 0 Å². The zero-order valence-electron chi connectivity index (χ0n) is 15.0. The molecule has 0 saturated carbocycles. The number of hydrogen-bond acceptors (Lipinski definition) is 4. The molecule has 0 bridgehead atoms. The number of benzene rings is 2. The Balaban J connectivity index is 1.73. The fourth-order valence-electron chi connectivity index (χ4n) is 3.44. The standard InChI is InChI=1S/C22H20N2O2S/c1-15-9-11-16(12-10-15)20-14-22(17-5-4-6-18(13-17)24(25)26)27-21-8-3-2-7-19(21)23-20/h2-13,19,21-22H,14H2,1H3/t19-,21+,22-/m1/s1. The molecule has 2 aliphatic rings. The van der Waals surface area contributed by atoms with Gasteiger partial charge in [0, 0.05) is 34.8 Å². The normalized spacial score (nSPS) is 24.0. The monoisotopic (exact) mass is 376 g/mol.